The third-order valence-electron chi connectivity index (χ3n) is 2.54. The van der Waals surface area contributed by atoms with Gasteiger partial charge in [-0.3, -0.25) is 4.79 Å². The first kappa shape index (κ1) is 14.3. The number of hydrogen-bond acceptors (Lipinski definition) is 2. The van der Waals surface area contributed by atoms with Crippen LogP contribution in [0.4, 0.5) is 13.2 Å². The van der Waals surface area contributed by atoms with Gasteiger partial charge in [0.25, 0.3) is 0 Å². The summed E-state index contributed by atoms with van der Waals surface area (Å²) in [5.41, 5.74) is 5.01. The molecule has 0 saturated carbocycles. The number of benzene rings is 1. The summed E-state index contributed by atoms with van der Waals surface area (Å²) in [5, 5.41) is 0. The van der Waals surface area contributed by atoms with Gasteiger partial charge in [-0.05, 0) is 35.9 Å². The molecule has 6 heteroatoms. The van der Waals surface area contributed by atoms with Crippen molar-refractivity contribution in [3.8, 4) is 10.4 Å². The quantitative estimate of drug-likeness (QED) is 0.857. The number of alkyl halides is 3. The number of primary amides is 1. The van der Waals surface area contributed by atoms with Crippen LogP contribution in [0, 0.1) is 0 Å². The summed E-state index contributed by atoms with van der Waals surface area (Å²) < 4.78 is 37.4. The second-order valence-electron chi connectivity index (χ2n) is 4.01. The molecule has 1 amide bonds. The first-order chi connectivity index (χ1) is 9.36. The predicted octanol–water partition coefficient (Wildman–Crippen LogP) is 3.93. The molecule has 0 unspecified atom stereocenters. The van der Waals surface area contributed by atoms with Crippen LogP contribution in [0.1, 0.15) is 10.4 Å². The van der Waals surface area contributed by atoms with Crippen LogP contribution in [0.2, 0.25) is 0 Å². The molecule has 0 bridgehead atoms. The highest BCUT2D eigenvalue weighted by molar-refractivity contribution is 7.16. The van der Waals surface area contributed by atoms with Gasteiger partial charge >= 0.3 is 6.18 Å². The maximum absolute atomic E-state index is 12.5. The Hall–Kier alpha value is -2.08. The van der Waals surface area contributed by atoms with Gasteiger partial charge in [0.15, 0.2) is 0 Å². The Morgan fingerprint density at radius 1 is 1.10 bits per heavy atom. The third-order valence-corrected chi connectivity index (χ3v) is 3.63. The molecule has 1 heterocycles. The lowest BCUT2D eigenvalue weighted by Crippen LogP contribution is -2.04. The highest BCUT2D eigenvalue weighted by Gasteiger charge is 2.29. The molecule has 0 fully saturated rings. The van der Waals surface area contributed by atoms with Gasteiger partial charge in [0.1, 0.15) is 0 Å². The van der Waals surface area contributed by atoms with Crippen molar-refractivity contribution in [3.63, 3.8) is 0 Å². The van der Waals surface area contributed by atoms with Crippen molar-refractivity contribution in [2.75, 3.05) is 0 Å². The number of thiophene rings is 1. The van der Waals surface area contributed by atoms with Crippen LogP contribution in [0.25, 0.3) is 16.5 Å². The standard InChI is InChI=1S/C14H10F3NOS/c15-14(16,17)10-3-1-9(2-4-10)12-7-5-11(20-12)6-8-13(18)19/h1-8H,(H2,18,19)/b8-6+. The molecular weight excluding hydrogens is 287 g/mol. The first-order valence-corrected chi connectivity index (χ1v) is 6.43. The van der Waals surface area contributed by atoms with E-state index in [-0.39, 0.29) is 0 Å². The average Bonchev–Trinajstić information content (AvgIpc) is 2.84. The van der Waals surface area contributed by atoms with Gasteiger partial charge in [-0.2, -0.15) is 13.2 Å². The van der Waals surface area contributed by atoms with E-state index in [2.05, 4.69) is 0 Å². The van der Waals surface area contributed by atoms with Crippen LogP contribution < -0.4 is 5.73 Å². The van der Waals surface area contributed by atoms with E-state index in [1.54, 1.807) is 18.2 Å². The smallest absolute Gasteiger partial charge is 0.366 e. The lowest BCUT2D eigenvalue weighted by molar-refractivity contribution is -0.137. The van der Waals surface area contributed by atoms with E-state index in [0.717, 1.165) is 21.9 Å². The van der Waals surface area contributed by atoms with Crippen molar-refractivity contribution in [1.29, 1.82) is 0 Å². The van der Waals surface area contributed by atoms with E-state index in [4.69, 9.17) is 5.73 Å². The minimum atomic E-state index is -4.33. The Balaban J connectivity index is 2.22. The lowest BCUT2D eigenvalue weighted by Gasteiger charge is -2.06. The molecule has 0 saturated heterocycles. The molecule has 0 aliphatic rings. The van der Waals surface area contributed by atoms with Crippen molar-refractivity contribution in [2.45, 2.75) is 6.18 Å². The summed E-state index contributed by atoms with van der Waals surface area (Å²) in [5.74, 6) is -0.547. The summed E-state index contributed by atoms with van der Waals surface area (Å²) in [6.07, 6.45) is -1.52. The summed E-state index contributed by atoms with van der Waals surface area (Å²) >= 11 is 1.37. The van der Waals surface area contributed by atoms with Crippen LogP contribution in [-0.2, 0) is 11.0 Å². The fourth-order valence-electron chi connectivity index (χ4n) is 1.59. The zero-order valence-electron chi connectivity index (χ0n) is 10.1. The number of rotatable bonds is 3. The van der Waals surface area contributed by atoms with Crippen molar-refractivity contribution in [3.05, 3.63) is 52.9 Å². The van der Waals surface area contributed by atoms with E-state index in [9.17, 15) is 18.0 Å². The van der Waals surface area contributed by atoms with Crippen molar-refractivity contribution in [1.82, 2.24) is 0 Å². The molecule has 0 aliphatic carbocycles. The van der Waals surface area contributed by atoms with Crippen LogP contribution in [0.5, 0.6) is 0 Å². The Morgan fingerprint density at radius 3 is 2.30 bits per heavy atom. The Labute approximate surface area is 117 Å². The van der Waals surface area contributed by atoms with Crippen LogP contribution >= 0.6 is 11.3 Å². The molecule has 0 radical (unpaired) electrons. The molecule has 2 aromatic rings. The van der Waals surface area contributed by atoms with Crippen molar-refractivity contribution < 1.29 is 18.0 Å². The summed E-state index contributed by atoms with van der Waals surface area (Å²) in [4.78, 5) is 12.2. The van der Waals surface area contributed by atoms with Gasteiger partial charge in [-0.1, -0.05) is 12.1 Å². The summed E-state index contributed by atoms with van der Waals surface area (Å²) in [6, 6.07) is 8.51. The number of carbonyl (C=O) groups is 1. The summed E-state index contributed by atoms with van der Waals surface area (Å²) in [7, 11) is 0. The maximum Gasteiger partial charge on any atom is 0.416 e. The third kappa shape index (κ3) is 3.48. The van der Waals surface area contributed by atoms with Crippen LogP contribution in [0.15, 0.2) is 42.5 Å². The largest absolute Gasteiger partial charge is 0.416 e. The fourth-order valence-corrected chi connectivity index (χ4v) is 2.50. The topological polar surface area (TPSA) is 43.1 Å². The molecule has 1 aromatic carbocycles. The van der Waals surface area contributed by atoms with E-state index in [1.807, 2.05) is 0 Å². The molecule has 104 valence electrons. The predicted molar refractivity (Wildman–Crippen MR) is 73.0 cm³/mol. The average molecular weight is 297 g/mol. The summed E-state index contributed by atoms with van der Waals surface area (Å²) in [6.45, 7) is 0. The number of nitrogens with two attached hydrogens (primary N) is 1. The molecule has 2 N–H and O–H groups in total. The number of amides is 1. The Morgan fingerprint density at radius 2 is 1.75 bits per heavy atom. The van der Waals surface area contributed by atoms with Gasteiger partial charge in [0.2, 0.25) is 5.91 Å². The Bertz CT molecular complexity index is 641. The molecule has 0 atom stereocenters. The Kier molecular flexibility index (Phi) is 3.94. The van der Waals surface area contributed by atoms with Gasteiger partial charge in [-0.25, -0.2) is 0 Å². The number of halogens is 3. The lowest BCUT2D eigenvalue weighted by atomic mass is 10.1. The van der Waals surface area contributed by atoms with Gasteiger partial charge < -0.3 is 5.73 Å². The zero-order chi connectivity index (χ0) is 14.8. The molecule has 0 aliphatic heterocycles. The van der Waals surface area contributed by atoms with Gasteiger partial charge in [0.05, 0.1) is 5.56 Å². The van der Waals surface area contributed by atoms with Crippen molar-refractivity contribution in [2.24, 2.45) is 5.73 Å². The first-order valence-electron chi connectivity index (χ1n) is 5.61. The van der Waals surface area contributed by atoms with E-state index >= 15 is 0 Å². The van der Waals surface area contributed by atoms with Gasteiger partial charge in [0, 0.05) is 15.8 Å². The normalized spacial score (nSPS) is 11.9. The fraction of sp³-hybridized carbons (Fsp3) is 0.0714. The van der Waals surface area contributed by atoms with E-state index in [1.165, 1.54) is 29.5 Å². The molecule has 20 heavy (non-hydrogen) atoms. The van der Waals surface area contributed by atoms with E-state index < -0.39 is 17.6 Å². The van der Waals surface area contributed by atoms with Gasteiger partial charge in [-0.15, -0.1) is 11.3 Å². The highest BCUT2D eigenvalue weighted by atomic mass is 32.1. The number of hydrogen-bond donors (Lipinski definition) is 1. The van der Waals surface area contributed by atoms with Crippen LogP contribution in [0.3, 0.4) is 0 Å². The second kappa shape index (κ2) is 5.50. The molecular formula is C14H10F3NOS. The van der Waals surface area contributed by atoms with Crippen molar-refractivity contribution >= 4 is 23.3 Å². The maximum atomic E-state index is 12.5. The highest BCUT2D eigenvalue weighted by Crippen LogP contribution is 2.33. The minimum absolute atomic E-state index is 0.547. The molecule has 0 spiro atoms. The number of carbonyl (C=O) groups excluding carboxylic acids is 1. The molecule has 2 rings (SSSR count). The van der Waals surface area contributed by atoms with E-state index in [0.29, 0.717) is 5.56 Å². The molecule has 1 aromatic heterocycles. The minimum Gasteiger partial charge on any atom is -0.366 e. The van der Waals surface area contributed by atoms with Crippen LogP contribution in [-0.4, -0.2) is 5.91 Å². The monoisotopic (exact) mass is 297 g/mol. The zero-order valence-corrected chi connectivity index (χ0v) is 11.0. The second-order valence-corrected chi connectivity index (χ2v) is 5.13. The SMILES string of the molecule is NC(=O)/C=C/c1ccc(-c2ccc(C(F)(F)F)cc2)s1. The molecule has 2 nitrogen and oxygen atoms in total.